The summed E-state index contributed by atoms with van der Waals surface area (Å²) in [5.41, 5.74) is 12.3. The molecule has 0 radical (unpaired) electrons. The van der Waals surface area contributed by atoms with Gasteiger partial charge in [0.15, 0.2) is 0 Å². The third kappa shape index (κ3) is 19.4. The Morgan fingerprint density at radius 3 is 1.53 bits per heavy atom. The summed E-state index contributed by atoms with van der Waals surface area (Å²) in [5.74, 6) is 0.847. The molecule has 4 nitrogen and oxygen atoms in total. The Morgan fingerprint density at radius 2 is 1.00 bits per heavy atom. The van der Waals surface area contributed by atoms with Gasteiger partial charge in [-0.05, 0) is 137 Å². The lowest BCUT2D eigenvalue weighted by molar-refractivity contribution is -0.123. The van der Waals surface area contributed by atoms with Crippen LogP contribution in [-0.2, 0) is 25.8 Å². The number of fused-ring (bicyclic) bond motifs is 3. The van der Waals surface area contributed by atoms with Crippen LogP contribution in [0.4, 0.5) is 0 Å². The van der Waals surface area contributed by atoms with Gasteiger partial charge in [0.25, 0.3) is 5.91 Å². The minimum absolute atomic E-state index is 0.0286. The molecule has 2 amide bonds. The van der Waals surface area contributed by atoms with Crippen LogP contribution in [0.1, 0.15) is 333 Å². The standard InChI is InChI=1S/C79H122N2O2S2/c1-14-20-26-31-33-37-42-61(41-35-28-22-16-3)57-80(59-82)75(71-51-52-72(85-71)78(11,12)13)73-60(7)74(81(76(73)83)58-62(43-36-29-23-17-4)44-38-34-32-27-21-15-2)70-50-49-69(84-70)63-45-47-65-66-48-46-64(77(8,9)10)56-68(66)79(67(65)55-63,53-39-25-19-6)54-40-30-24-18-5/h45-52,55-56,59,61-62H,14-44,53-54,57-58H2,1-13H3/b75-73+. The summed E-state index contributed by atoms with van der Waals surface area (Å²) >= 11 is 3.65. The topological polar surface area (TPSA) is 40.6 Å². The molecule has 0 N–H and O–H groups in total. The molecular weight excluding hydrogens is 1070 g/mol. The first kappa shape index (κ1) is 70.3. The largest absolute Gasteiger partial charge is 0.313 e. The lowest BCUT2D eigenvalue weighted by Gasteiger charge is -2.34. The van der Waals surface area contributed by atoms with Crippen molar-refractivity contribution in [3.63, 3.8) is 0 Å². The maximum absolute atomic E-state index is 16.3. The van der Waals surface area contributed by atoms with E-state index in [2.05, 4.69) is 156 Å². The molecule has 3 atom stereocenters. The average Bonchev–Trinajstić information content (AvgIpc) is 1.68. The van der Waals surface area contributed by atoms with Gasteiger partial charge in [0.1, 0.15) is 0 Å². The van der Waals surface area contributed by atoms with Crippen molar-refractivity contribution >= 4 is 46.4 Å². The number of nitrogens with zero attached hydrogens (tertiary/aromatic N) is 2. The molecule has 2 aromatic carbocycles. The van der Waals surface area contributed by atoms with Crippen LogP contribution in [0.25, 0.3) is 33.0 Å². The number of carbonyl (C=O) groups excluding carboxylic acids is 2. The quantitative estimate of drug-likeness (QED) is 0.0252. The predicted molar refractivity (Wildman–Crippen MR) is 375 cm³/mol. The first-order valence-electron chi connectivity index (χ1n) is 35.5. The van der Waals surface area contributed by atoms with Gasteiger partial charge in [0.05, 0.1) is 26.7 Å². The number of carbonyl (C=O) groups is 2. The van der Waals surface area contributed by atoms with Crippen molar-refractivity contribution in [2.75, 3.05) is 13.1 Å². The van der Waals surface area contributed by atoms with E-state index < -0.39 is 0 Å². The molecule has 0 spiro atoms. The normalized spacial score (nSPS) is 16.6. The summed E-state index contributed by atoms with van der Waals surface area (Å²) in [4.78, 5) is 39.5. The highest BCUT2D eigenvalue weighted by atomic mass is 32.1. The van der Waals surface area contributed by atoms with Crippen LogP contribution in [0.15, 0.2) is 71.8 Å². The van der Waals surface area contributed by atoms with Crippen LogP contribution in [-0.4, -0.2) is 35.2 Å². The van der Waals surface area contributed by atoms with Crippen molar-refractivity contribution in [2.45, 2.75) is 318 Å². The van der Waals surface area contributed by atoms with Crippen LogP contribution in [0.3, 0.4) is 0 Å². The fraction of sp³-hybridized carbons (Fsp3) is 0.671. The van der Waals surface area contributed by atoms with E-state index in [0.717, 1.165) is 64.4 Å². The fourth-order valence-electron chi connectivity index (χ4n) is 14.2. The Hall–Kier alpha value is -3.74. The van der Waals surface area contributed by atoms with E-state index in [4.69, 9.17) is 0 Å². The van der Waals surface area contributed by atoms with Gasteiger partial charge in [-0.1, -0.05) is 287 Å². The Labute approximate surface area is 530 Å². The zero-order chi connectivity index (χ0) is 61.4. The predicted octanol–water partition coefficient (Wildman–Crippen LogP) is 25.0. The SMILES string of the molecule is CCCCCCCCC(CCCCCC)CN1C(=O)/C(=C(\c2ccc(C(C)(C)C)s2)N(C=O)CC(CCCCCC)CCCCCCCC)C(C)=C1c1ccc(-c2ccc3c(c2)C(CCCCC)(CCCCCC)c2cc(C(C)(C)C)ccc2-3)s1. The van der Waals surface area contributed by atoms with Gasteiger partial charge in [-0.3, -0.25) is 9.59 Å². The second kappa shape index (κ2) is 35.5. The summed E-state index contributed by atoms with van der Waals surface area (Å²) in [5, 5.41) is 0. The number of hydrogen-bond donors (Lipinski definition) is 0. The highest BCUT2D eigenvalue weighted by Crippen LogP contribution is 2.56. The smallest absolute Gasteiger partial charge is 0.260 e. The van der Waals surface area contributed by atoms with Crippen LogP contribution in [0, 0.1) is 11.8 Å². The second-order valence-electron chi connectivity index (χ2n) is 28.6. The molecule has 1 aliphatic heterocycles. The van der Waals surface area contributed by atoms with Crippen molar-refractivity contribution in [3.8, 4) is 21.6 Å². The maximum atomic E-state index is 16.3. The van der Waals surface area contributed by atoms with Crippen LogP contribution in [0.2, 0.25) is 0 Å². The molecule has 4 aromatic rings. The van der Waals surface area contributed by atoms with Crippen LogP contribution < -0.4 is 0 Å². The molecule has 472 valence electrons. The highest BCUT2D eigenvalue weighted by molar-refractivity contribution is 7.16. The number of rotatable bonds is 42. The number of amides is 2. The van der Waals surface area contributed by atoms with Crippen molar-refractivity contribution in [1.82, 2.24) is 9.80 Å². The number of unbranched alkanes of at least 4 members (excludes halogenated alkanes) is 21. The zero-order valence-electron chi connectivity index (χ0n) is 56.8. The van der Waals surface area contributed by atoms with Crippen molar-refractivity contribution in [3.05, 3.63) is 103 Å². The number of thiophene rings is 2. The van der Waals surface area contributed by atoms with Gasteiger partial charge >= 0.3 is 0 Å². The van der Waals surface area contributed by atoms with E-state index in [1.807, 2.05) is 16.2 Å². The minimum Gasteiger partial charge on any atom is -0.313 e. The Morgan fingerprint density at radius 1 is 0.529 bits per heavy atom. The molecule has 3 unspecified atom stereocenters. The van der Waals surface area contributed by atoms with E-state index in [1.54, 1.807) is 16.9 Å². The summed E-state index contributed by atoms with van der Waals surface area (Å²) in [6.45, 7) is 31.4. The Bertz CT molecular complexity index is 2700. The van der Waals surface area contributed by atoms with Crippen molar-refractivity contribution < 1.29 is 9.59 Å². The van der Waals surface area contributed by atoms with Gasteiger partial charge in [0, 0.05) is 28.3 Å². The molecule has 0 fully saturated rings. The number of hydrogen-bond acceptors (Lipinski definition) is 4. The monoisotopic (exact) mass is 1190 g/mol. The molecule has 3 heterocycles. The van der Waals surface area contributed by atoms with Crippen LogP contribution >= 0.6 is 22.7 Å². The molecular formula is C79H122N2O2S2. The molecule has 1 aliphatic carbocycles. The summed E-state index contributed by atoms with van der Waals surface area (Å²) in [6.07, 6.45) is 41.7. The van der Waals surface area contributed by atoms with E-state index in [9.17, 15) is 4.79 Å². The van der Waals surface area contributed by atoms with Gasteiger partial charge < -0.3 is 9.80 Å². The summed E-state index contributed by atoms with van der Waals surface area (Å²) < 4.78 is 0. The molecule has 0 bridgehead atoms. The minimum atomic E-state index is -0.0686. The second-order valence-corrected chi connectivity index (χ2v) is 30.8. The molecule has 2 aromatic heterocycles. The first-order valence-corrected chi connectivity index (χ1v) is 37.1. The lowest BCUT2D eigenvalue weighted by Crippen LogP contribution is -2.33. The van der Waals surface area contributed by atoms with Crippen LogP contribution in [0.5, 0.6) is 0 Å². The average molecular weight is 1200 g/mol. The molecule has 2 aliphatic rings. The van der Waals surface area contributed by atoms with Gasteiger partial charge in [-0.25, -0.2) is 0 Å². The third-order valence-corrected chi connectivity index (χ3v) is 22.1. The van der Waals surface area contributed by atoms with Crippen molar-refractivity contribution in [2.24, 2.45) is 11.8 Å². The Balaban J connectivity index is 1.53. The molecule has 0 saturated heterocycles. The molecule has 6 rings (SSSR count). The van der Waals surface area contributed by atoms with Crippen molar-refractivity contribution in [1.29, 1.82) is 0 Å². The first-order chi connectivity index (χ1) is 41.0. The fourth-order valence-corrected chi connectivity index (χ4v) is 16.5. The van der Waals surface area contributed by atoms with E-state index in [0.29, 0.717) is 24.9 Å². The Kier molecular flexibility index (Phi) is 29.3. The van der Waals surface area contributed by atoms with Gasteiger partial charge in [-0.15, -0.1) is 22.7 Å². The lowest BCUT2D eigenvalue weighted by atomic mass is 9.69. The van der Waals surface area contributed by atoms with E-state index in [1.165, 1.54) is 224 Å². The van der Waals surface area contributed by atoms with E-state index >= 15 is 4.79 Å². The summed E-state index contributed by atoms with van der Waals surface area (Å²) in [6, 6.07) is 24.2. The van der Waals surface area contributed by atoms with Gasteiger partial charge in [-0.2, -0.15) is 0 Å². The highest BCUT2D eigenvalue weighted by Gasteiger charge is 2.44. The third-order valence-electron chi connectivity index (χ3n) is 19.5. The molecule has 0 saturated carbocycles. The zero-order valence-corrected chi connectivity index (χ0v) is 58.4. The number of benzene rings is 2. The van der Waals surface area contributed by atoms with Gasteiger partial charge in [0.2, 0.25) is 6.41 Å². The summed E-state index contributed by atoms with van der Waals surface area (Å²) in [7, 11) is 0. The molecule has 6 heteroatoms. The van der Waals surface area contributed by atoms with E-state index in [-0.39, 0.29) is 22.2 Å². The maximum Gasteiger partial charge on any atom is 0.260 e. The molecule has 85 heavy (non-hydrogen) atoms.